The van der Waals surface area contributed by atoms with E-state index in [9.17, 15) is 14.9 Å². The Kier molecular flexibility index (Phi) is 3.50. The highest BCUT2D eigenvalue weighted by molar-refractivity contribution is 5.92. The fraction of sp³-hybridized carbons (Fsp3) is 0.500. The smallest absolute Gasteiger partial charge is 0.337 e. The molecule has 0 bridgehead atoms. The zero-order valence-corrected chi connectivity index (χ0v) is 11.8. The summed E-state index contributed by atoms with van der Waals surface area (Å²) in [4.78, 5) is 24.7. The molecule has 0 spiro atoms. The van der Waals surface area contributed by atoms with E-state index >= 15 is 0 Å². The number of methoxy groups -OCH3 is 1. The van der Waals surface area contributed by atoms with Gasteiger partial charge in [0.15, 0.2) is 0 Å². The summed E-state index contributed by atoms with van der Waals surface area (Å²) in [6.07, 6.45) is 2.20. The van der Waals surface area contributed by atoms with Gasteiger partial charge in [0.25, 0.3) is 5.69 Å². The maximum atomic E-state index is 11.8. The summed E-state index contributed by atoms with van der Waals surface area (Å²) in [5.74, 6) is -0.472. The summed E-state index contributed by atoms with van der Waals surface area (Å²) >= 11 is 0. The van der Waals surface area contributed by atoms with Gasteiger partial charge in [0.2, 0.25) is 0 Å². The molecular formula is C14H17N3O4. The second-order valence-electron chi connectivity index (χ2n) is 5.39. The van der Waals surface area contributed by atoms with Gasteiger partial charge in [-0.2, -0.15) is 0 Å². The molecule has 1 heterocycles. The number of hydrogen-bond acceptors (Lipinski definition) is 6. The maximum Gasteiger partial charge on any atom is 0.337 e. The number of rotatable bonds is 6. The zero-order valence-electron chi connectivity index (χ0n) is 11.8. The molecule has 0 unspecified atom stereocenters. The highest BCUT2D eigenvalue weighted by Crippen LogP contribution is 2.37. The van der Waals surface area contributed by atoms with Crippen LogP contribution in [0.5, 0.6) is 0 Å². The molecule has 7 nitrogen and oxygen atoms in total. The number of nitro groups is 1. The second kappa shape index (κ2) is 5.33. The van der Waals surface area contributed by atoms with Crippen LogP contribution in [0, 0.1) is 10.1 Å². The van der Waals surface area contributed by atoms with E-state index in [4.69, 9.17) is 4.74 Å². The molecule has 21 heavy (non-hydrogen) atoms. The van der Waals surface area contributed by atoms with E-state index < -0.39 is 5.97 Å². The Hall–Kier alpha value is -2.15. The van der Waals surface area contributed by atoms with E-state index in [1.807, 2.05) is 4.90 Å². The van der Waals surface area contributed by atoms with Crippen molar-refractivity contribution in [3.8, 4) is 0 Å². The molecule has 2 fully saturated rings. The highest BCUT2D eigenvalue weighted by Gasteiger charge is 2.32. The lowest BCUT2D eigenvalue weighted by atomic mass is 10.1. The average Bonchev–Trinajstić information content (AvgIpc) is 3.36. The van der Waals surface area contributed by atoms with Crippen molar-refractivity contribution in [2.24, 2.45) is 0 Å². The number of ether oxygens (including phenoxy) is 1. The number of carbonyl (C=O) groups excluding carboxylic acids is 1. The van der Waals surface area contributed by atoms with Crippen molar-refractivity contribution in [2.75, 3.05) is 25.1 Å². The lowest BCUT2D eigenvalue weighted by Gasteiger charge is -2.12. The predicted molar refractivity (Wildman–Crippen MR) is 76.5 cm³/mol. The first-order chi connectivity index (χ1) is 10.1. The fourth-order valence-corrected chi connectivity index (χ4v) is 2.33. The molecule has 0 aromatic heterocycles. The molecule has 1 aliphatic carbocycles. The van der Waals surface area contributed by atoms with Crippen molar-refractivity contribution in [1.82, 2.24) is 5.32 Å². The number of nitrogens with one attached hydrogen (secondary N) is 1. The minimum Gasteiger partial charge on any atom is -0.465 e. The fourth-order valence-electron chi connectivity index (χ4n) is 2.33. The Balaban J connectivity index is 2.00. The Morgan fingerprint density at radius 1 is 1.48 bits per heavy atom. The molecule has 1 aromatic rings. The molecule has 1 aromatic carbocycles. The van der Waals surface area contributed by atoms with Crippen LogP contribution in [0.3, 0.4) is 0 Å². The molecule has 1 saturated heterocycles. The topological polar surface area (TPSA) is 84.5 Å². The third kappa shape index (κ3) is 2.97. The SMILES string of the molecule is COC(=O)c1cc(CNC2CC2)c([N+](=O)[O-])c(N2CC2)c1. The first-order valence-electron chi connectivity index (χ1n) is 6.98. The van der Waals surface area contributed by atoms with Gasteiger partial charge in [-0.25, -0.2) is 4.79 Å². The van der Waals surface area contributed by atoms with Gasteiger partial charge in [0.1, 0.15) is 5.69 Å². The molecule has 0 radical (unpaired) electrons. The van der Waals surface area contributed by atoms with E-state index in [1.165, 1.54) is 7.11 Å². The Bertz CT molecular complexity index is 594. The van der Waals surface area contributed by atoms with Crippen LogP contribution >= 0.6 is 0 Å². The van der Waals surface area contributed by atoms with Crippen molar-refractivity contribution in [3.05, 3.63) is 33.4 Å². The average molecular weight is 291 g/mol. The maximum absolute atomic E-state index is 11.8. The summed E-state index contributed by atoms with van der Waals surface area (Å²) in [5, 5.41) is 14.7. The van der Waals surface area contributed by atoms with E-state index in [2.05, 4.69) is 5.32 Å². The Morgan fingerprint density at radius 3 is 2.71 bits per heavy atom. The molecule has 1 aliphatic heterocycles. The molecule has 0 atom stereocenters. The molecular weight excluding hydrogens is 274 g/mol. The third-order valence-electron chi connectivity index (χ3n) is 3.72. The molecule has 112 valence electrons. The van der Waals surface area contributed by atoms with Crippen LogP contribution in [0.4, 0.5) is 11.4 Å². The van der Waals surface area contributed by atoms with Crippen LogP contribution in [-0.2, 0) is 11.3 Å². The molecule has 7 heteroatoms. The van der Waals surface area contributed by atoms with Crippen LogP contribution in [0.25, 0.3) is 0 Å². The van der Waals surface area contributed by atoms with Crippen molar-refractivity contribution < 1.29 is 14.5 Å². The predicted octanol–water partition coefficient (Wildman–Crippen LogP) is 1.45. The molecule has 3 rings (SSSR count). The minimum atomic E-state index is -0.472. The summed E-state index contributed by atoms with van der Waals surface area (Å²) in [6, 6.07) is 3.56. The van der Waals surface area contributed by atoms with E-state index in [0.29, 0.717) is 29.4 Å². The second-order valence-corrected chi connectivity index (χ2v) is 5.39. The van der Waals surface area contributed by atoms with Crippen molar-refractivity contribution in [3.63, 3.8) is 0 Å². The van der Waals surface area contributed by atoms with Gasteiger partial charge in [-0.15, -0.1) is 0 Å². The number of esters is 1. The molecule has 1 saturated carbocycles. The number of anilines is 1. The number of hydrogen-bond donors (Lipinski definition) is 1. The largest absolute Gasteiger partial charge is 0.465 e. The van der Waals surface area contributed by atoms with Crippen LogP contribution < -0.4 is 10.2 Å². The normalized spacial score (nSPS) is 16.7. The van der Waals surface area contributed by atoms with Crippen LogP contribution in [0.2, 0.25) is 0 Å². The first kappa shape index (κ1) is 13.8. The van der Waals surface area contributed by atoms with Gasteiger partial charge in [-0.05, 0) is 25.0 Å². The minimum absolute atomic E-state index is 0.0910. The van der Waals surface area contributed by atoms with Gasteiger partial charge in [-0.1, -0.05) is 0 Å². The lowest BCUT2D eigenvalue weighted by molar-refractivity contribution is -0.384. The van der Waals surface area contributed by atoms with Gasteiger partial charge in [0.05, 0.1) is 17.6 Å². The summed E-state index contributed by atoms with van der Waals surface area (Å²) in [5.41, 5.74) is 1.50. The molecule has 1 N–H and O–H groups in total. The number of benzene rings is 1. The quantitative estimate of drug-likeness (QED) is 0.369. The Labute approximate surface area is 122 Å². The van der Waals surface area contributed by atoms with Gasteiger partial charge in [0, 0.05) is 31.2 Å². The van der Waals surface area contributed by atoms with Gasteiger partial charge < -0.3 is 15.0 Å². The summed E-state index contributed by atoms with van der Waals surface area (Å²) in [7, 11) is 1.31. The Morgan fingerprint density at radius 2 is 2.19 bits per heavy atom. The monoisotopic (exact) mass is 291 g/mol. The first-order valence-corrected chi connectivity index (χ1v) is 6.98. The summed E-state index contributed by atoms with van der Waals surface area (Å²) in [6.45, 7) is 1.95. The third-order valence-corrected chi connectivity index (χ3v) is 3.72. The number of carbonyl (C=O) groups is 1. The van der Waals surface area contributed by atoms with Crippen molar-refractivity contribution in [2.45, 2.75) is 25.4 Å². The lowest BCUT2D eigenvalue weighted by Crippen LogP contribution is -2.18. The molecule has 0 amide bonds. The van der Waals surface area contributed by atoms with Crippen LogP contribution in [-0.4, -0.2) is 37.1 Å². The van der Waals surface area contributed by atoms with Gasteiger partial charge in [-0.3, -0.25) is 10.1 Å². The van der Waals surface area contributed by atoms with Gasteiger partial charge >= 0.3 is 5.97 Å². The number of nitrogens with zero attached hydrogens (tertiary/aromatic N) is 2. The molecule has 2 aliphatic rings. The standard InChI is InChI=1S/C14H17N3O4/c1-21-14(18)9-6-10(8-15-11-2-3-11)13(17(19)20)12(7-9)16-4-5-16/h6-7,11,15H,2-5,8H2,1H3. The van der Waals surface area contributed by atoms with E-state index in [1.54, 1.807) is 12.1 Å². The van der Waals surface area contributed by atoms with Crippen LogP contribution in [0.1, 0.15) is 28.8 Å². The zero-order chi connectivity index (χ0) is 15.0. The van der Waals surface area contributed by atoms with Crippen molar-refractivity contribution >= 4 is 17.3 Å². The highest BCUT2D eigenvalue weighted by atomic mass is 16.6. The van der Waals surface area contributed by atoms with E-state index in [-0.39, 0.29) is 10.6 Å². The van der Waals surface area contributed by atoms with Crippen molar-refractivity contribution in [1.29, 1.82) is 0 Å². The van der Waals surface area contributed by atoms with E-state index in [0.717, 1.165) is 25.9 Å². The summed E-state index contributed by atoms with van der Waals surface area (Å²) < 4.78 is 4.74. The number of nitro benzene ring substituents is 1. The van der Waals surface area contributed by atoms with Crippen LogP contribution in [0.15, 0.2) is 12.1 Å².